The molecule has 9 heteroatoms. The molecule has 3 rings (SSSR count). The van der Waals surface area contributed by atoms with Crippen LogP contribution in [0.5, 0.6) is 5.75 Å². The van der Waals surface area contributed by atoms with Gasteiger partial charge in [0.2, 0.25) is 5.91 Å². The summed E-state index contributed by atoms with van der Waals surface area (Å²) in [5.74, 6) is 0.844. The maximum atomic E-state index is 12.4. The third-order valence-electron chi connectivity index (χ3n) is 4.98. The Kier molecular flexibility index (Phi) is 7.88. The molecule has 3 aromatic rings. The van der Waals surface area contributed by atoms with Crippen LogP contribution in [0.3, 0.4) is 0 Å². The molecular weight excluding hydrogens is 426 g/mol. The van der Waals surface area contributed by atoms with Crippen LogP contribution >= 0.6 is 11.8 Å². The van der Waals surface area contributed by atoms with Crippen LogP contribution in [-0.4, -0.2) is 57.4 Å². The summed E-state index contributed by atoms with van der Waals surface area (Å²) >= 11 is 1.31. The largest absolute Gasteiger partial charge is 0.497 e. The van der Waals surface area contributed by atoms with Crippen molar-refractivity contribution in [3.63, 3.8) is 0 Å². The average molecular weight is 454 g/mol. The highest BCUT2D eigenvalue weighted by molar-refractivity contribution is 7.99. The van der Waals surface area contributed by atoms with Crippen LogP contribution in [0.4, 0.5) is 0 Å². The first kappa shape index (κ1) is 23.3. The summed E-state index contributed by atoms with van der Waals surface area (Å²) < 4.78 is 7.00. The van der Waals surface area contributed by atoms with Gasteiger partial charge in [-0.2, -0.15) is 0 Å². The highest BCUT2D eigenvalue weighted by Crippen LogP contribution is 2.21. The molecule has 0 unspecified atom stereocenters. The van der Waals surface area contributed by atoms with E-state index in [4.69, 9.17) is 4.74 Å². The number of hydrogen-bond donors (Lipinski definition) is 1. The fraction of sp³-hybridized carbons (Fsp3) is 0.304. The highest BCUT2D eigenvalue weighted by Gasteiger charge is 2.14. The van der Waals surface area contributed by atoms with Gasteiger partial charge in [-0.05, 0) is 55.8 Å². The Labute approximate surface area is 192 Å². The molecular formula is C23H27N5O3S. The number of hydrogen-bond acceptors (Lipinski definition) is 6. The summed E-state index contributed by atoms with van der Waals surface area (Å²) in [5, 5.41) is 11.6. The van der Waals surface area contributed by atoms with Crippen molar-refractivity contribution in [1.29, 1.82) is 0 Å². The summed E-state index contributed by atoms with van der Waals surface area (Å²) in [4.78, 5) is 26.4. The lowest BCUT2D eigenvalue weighted by Gasteiger charge is -2.21. The van der Waals surface area contributed by atoms with Crippen LogP contribution in [0.1, 0.15) is 29.8 Å². The van der Waals surface area contributed by atoms with Gasteiger partial charge >= 0.3 is 0 Å². The van der Waals surface area contributed by atoms with E-state index in [-0.39, 0.29) is 23.6 Å². The lowest BCUT2D eigenvalue weighted by atomic mass is 10.1. The molecule has 0 radical (unpaired) electrons. The predicted octanol–water partition coefficient (Wildman–Crippen LogP) is 3.16. The Hall–Kier alpha value is -3.33. The van der Waals surface area contributed by atoms with Crippen molar-refractivity contribution in [3.05, 3.63) is 66.0 Å². The SMILES string of the molecule is COc1ccc(-n2cnnc2SCC(=O)NCc2ccc(C(=O)N(C)C(C)C)cc2)cc1. The molecule has 0 aliphatic heterocycles. The summed E-state index contributed by atoms with van der Waals surface area (Å²) in [6.45, 7) is 4.33. The van der Waals surface area contributed by atoms with Crippen LogP contribution in [0.25, 0.3) is 5.69 Å². The van der Waals surface area contributed by atoms with E-state index in [1.165, 1.54) is 11.8 Å². The van der Waals surface area contributed by atoms with E-state index in [1.807, 2.05) is 54.8 Å². The summed E-state index contributed by atoms with van der Waals surface area (Å²) in [7, 11) is 3.40. The second-order valence-electron chi connectivity index (χ2n) is 7.45. The van der Waals surface area contributed by atoms with Gasteiger partial charge in [-0.1, -0.05) is 23.9 Å². The lowest BCUT2D eigenvalue weighted by molar-refractivity contribution is -0.118. The second-order valence-corrected chi connectivity index (χ2v) is 8.40. The molecule has 0 atom stereocenters. The van der Waals surface area contributed by atoms with Gasteiger partial charge in [-0.15, -0.1) is 10.2 Å². The zero-order chi connectivity index (χ0) is 23.1. The van der Waals surface area contributed by atoms with Crippen LogP contribution < -0.4 is 10.1 Å². The minimum Gasteiger partial charge on any atom is -0.497 e. The monoisotopic (exact) mass is 453 g/mol. The standard InChI is InChI=1S/C23H27N5O3S/c1-16(2)27(3)22(30)18-7-5-17(6-8-18)13-24-21(29)14-32-23-26-25-15-28(23)19-9-11-20(31-4)12-10-19/h5-12,15-16H,13-14H2,1-4H3,(H,24,29). The van der Waals surface area contributed by atoms with Crippen molar-refractivity contribution in [3.8, 4) is 11.4 Å². The maximum Gasteiger partial charge on any atom is 0.253 e. The molecule has 32 heavy (non-hydrogen) atoms. The van der Waals surface area contributed by atoms with Crippen LogP contribution in [-0.2, 0) is 11.3 Å². The predicted molar refractivity (Wildman–Crippen MR) is 124 cm³/mol. The Morgan fingerprint density at radius 3 is 2.44 bits per heavy atom. The smallest absolute Gasteiger partial charge is 0.253 e. The Morgan fingerprint density at radius 1 is 1.12 bits per heavy atom. The van der Waals surface area contributed by atoms with Crippen molar-refractivity contribution in [2.75, 3.05) is 19.9 Å². The summed E-state index contributed by atoms with van der Waals surface area (Å²) in [6.07, 6.45) is 1.61. The van der Waals surface area contributed by atoms with E-state index in [0.29, 0.717) is 17.3 Å². The fourth-order valence-corrected chi connectivity index (χ4v) is 3.59. The number of carbonyl (C=O) groups excluding carboxylic acids is 2. The fourth-order valence-electron chi connectivity index (χ4n) is 2.83. The zero-order valence-corrected chi connectivity index (χ0v) is 19.4. The first-order chi connectivity index (χ1) is 15.4. The van der Waals surface area contributed by atoms with Crippen LogP contribution in [0.2, 0.25) is 0 Å². The normalized spacial score (nSPS) is 10.8. The number of methoxy groups -OCH3 is 1. The van der Waals surface area contributed by atoms with E-state index in [0.717, 1.165) is 17.0 Å². The van der Waals surface area contributed by atoms with Crippen molar-refractivity contribution in [2.45, 2.75) is 31.6 Å². The lowest BCUT2D eigenvalue weighted by Crippen LogP contribution is -2.32. The minimum absolute atomic E-state index is 0.0204. The van der Waals surface area contributed by atoms with Gasteiger partial charge in [-0.25, -0.2) is 0 Å². The molecule has 1 N–H and O–H groups in total. The molecule has 0 fully saturated rings. The molecule has 168 valence electrons. The molecule has 1 heterocycles. The van der Waals surface area contributed by atoms with E-state index in [2.05, 4.69) is 15.5 Å². The third-order valence-corrected chi connectivity index (χ3v) is 5.93. The van der Waals surface area contributed by atoms with Gasteiger partial charge in [0.25, 0.3) is 5.91 Å². The third kappa shape index (κ3) is 5.88. The quantitative estimate of drug-likeness (QED) is 0.501. The number of nitrogens with zero attached hydrogens (tertiary/aromatic N) is 4. The van der Waals surface area contributed by atoms with E-state index in [1.54, 1.807) is 37.5 Å². The molecule has 0 aliphatic carbocycles. The van der Waals surface area contributed by atoms with E-state index < -0.39 is 0 Å². The number of benzene rings is 2. The molecule has 1 aromatic heterocycles. The highest BCUT2D eigenvalue weighted by atomic mass is 32.2. The Morgan fingerprint density at radius 2 is 1.81 bits per heavy atom. The van der Waals surface area contributed by atoms with E-state index in [9.17, 15) is 9.59 Å². The summed E-state index contributed by atoms with van der Waals surface area (Å²) in [5.41, 5.74) is 2.44. The first-order valence-corrected chi connectivity index (χ1v) is 11.2. The number of thioether (sulfide) groups is 1. The summed E-state index contributed by atoms with van der Waals surface area (Å²) in [6, 6.07) is 14.9. The molecule has 8 nitrogen and oxygen atoms in total. The molecule has 2 aromatic carbocycles. The van der Waals surface area contributed by atoms with Crippen molar-refractivity contribution >= 4 is 23.6 Å². The molecule has 2 amide bonds. The molecule has 0 bridgehead atoms. The van der Waals surface area contributed by atoms with Gasteiger partial charge < -0.3 is 15.0 Å². The van der Waals surface area contributed by atoms with Crippen LogP contribution in [0.15, 0.2) is 60.0 Å². The van der Waals surface area contributed by atoms with Crippen LogP contribution in [0, 0.1) is 0 Å². The van der Waals surface area contributed by atoms with E-state index >= 15 is 0 Å². The Bertz CT molecular complexity index is 1050. The van der Waals surface area contributed by atoms with Gasteiger partial charge in [-0.3, -0.25) is 14.2 Å². The average Bonchev–Trinajstić information content (AvgIpc) is 3.29. The van der Waals surface area contributed by atoms with Gasteiger partial charge in [0.05, 0.1) is 12.9 Å². The Balaban J connectivity index is 1.51. The number of nitrogens with one attached hydrogen (secondary N) is 1. The van der Waals surface area contributed by atoms with Gasteiger partial charge in [0.15, 0.2) is 5.16 Å². The van der Waals surface area contributed by atoms with Gasteiger partial charge in [0.1, 0.15) is 12.1 Å². The molecule has 0 spiro atoms. The topological polar surface area (TPSA) is 89.3 Å². The molecule has 0 saturated heterocycles. The van der Waals surface area contributed by atoms with Crippen molar-refractivity contribution < 1.29 is 14.3 Å². The van der Waals surface area contributed by atoms with Crippen molar-refractivity contribution in [1.82, 2.24) is 25.0 Å². The number of carbonyl (C=O) groups is 2. The molecule has 0 saturated carbocycles. The number of ether oxygens (including phenoxy) is 1. The molecule has 0 aliphatic rings. The minimum atomic E-state index is -0.112. The number of amides is 2. The second kappa shape index (κ2) is 10.8. The zero-order valence-electron chi connectivity index (χ0n) is 18.6. The first-order valence-electron chi connectivity index (χ1n) is 10.2. The van der Waals surface area contributed by atoms with Gasteiger partial charge in [0, 0.05) is 30.9 Å². The maximum absolute atomic E-state index is 12.4. The number of aromatic nitrogens is 3. The number of rotatable bonds is 9. The van der Waals surface area contributed by atoms with Crippen molar-refractivity contribution in [2.24, 2.45) is 0 Å².